The van der Waals surface area contributed by atoms with Crippen LogP contribution < -0.4 is 9.47 Å². The fourth-order valence-electron chi connectivity index (χ4n) is 3.85. The number of Topliss-reactive ketones (excluding diaryl/α,β-unsaturated/α-hetero) is 1. The lowest BCUT2D eigenvalue weighted by molar-refractivity contribution is -0.140. The van der Waals surface area contributed by atoms with Crippen LogP contribution in [0, 0.1) is 5.82 Å². The van der Waals surface area contributed by atoms with E-state index in [0.717, 1.165) is 6.07 Å². The number of halogens is 1. The van der Waals surface area contributed by atoms with Crippen LogP contribution in [0.5, 0.6) is 11.5 Å². The molecule has 0 saturated carbocycles. The largest absolute Gasteiger partial charge is 0.507 e. The maximum Gasteiger partial charge on any atom is 0.295 e. The Hall–Kier alpha value is -3.39. The van der Waals surface area contributed by atoms with Gasteiger partial charge < -0.3 is 24.2 Å². The molecule has 176 valence electrons. The van der Waals surface area contributed by atoms with Gasteiger partial charge in [0.25, 0.3) is 11.7 Å². The van der Waals surface area contributed by atoms with E-state index in [9.17, 15) is 19.1 Å². The molecule has 33 heavy (non-hydrogen) atoms. The standard InChI is InChI=1S/C25H28FNO6/c1-15(2)33-18-9-6-16(7-10-18)22-21(24(29)25(30)27(22)12-5-13-31-3)23(28)19-14-17(26)8-11-20(19)32-4/h6-11,14-15,22,28H,5,12-13H2,1-4H3/b23-21+. The van der Waals surface area contributed by atoms with Crippen LogP contribution in [-0.2, 0) is 14.3 Å². The minimum atomic E-state index is -0.858. The van der Waals surface area contributed by atoms with Gasteiger partial charge in [0, 0.05) is 20.3 Å². The number of ketones is 1. The first-order chi connectivity index (χ1) is 15.8. The Bertz CT molecular complexity index is 1050. The van der Waals surface area contributed by atoms with E-state index in [0.29, 0.717) is 24.3 Å². The van der Waals surface area contributed by atoms with Crippen LogP contribution >= 0.6 is 0 Å². The molecule has 1 atom stereocenters. The fraction of sp³-hybridized carbons (Fsp3) is 0.360. The van der Waals surface area contributed by atoms with Gasteiger partial charge in [-0.2, -0.15) is 0 Å². The number of carbonyl (C=O) groups is 2. The van der Waals surface area contributed by atoms with E-state index >= 15 is 0 Å². The molecule has 1 heterocycles. The average Bonchev–Trinajstić information content (AvgIpc) is 3.04. The van der Waals surface area contributed by atoms with Crippen molar-refractivity contribution < 1.29 is 33.3 Å². The molecule has 1 N–H and O–H groups in total. The van der Waals surface area contributed by atoms with E-state index in [-0.39, 0.29) is 29.5 Å². The van der Waals surface area contributed by atoms with Gasteiger partial charge >= 0.3 is 0 Å². The number of ether oxygens (including phenoxy) is 3. The van der Waals surface area contributed by atoms with Gasteiger partial charge in [-0.25, -0.2) is 4.39 Å². The average molecular weight is 457 g/mol. The van der Waals surface area contributed by atoms with Crippen molar-refractivity contribution in [1.82, 2.24) is 4.90 Å². The number of nitrogens with zero attached hydrogens (tertiary/aromatic N) is 1. The topological polar surface area (TPSA) is 85.3 Å². The van der Waals surface area contributed by atoms with Crippen LogP contribution in [0.1, 0.15) is 37.4 Å². The van der Waals surface area contributed by atoms with Crippen molar-refractivity contribution in [3.63, 3.8) is 0 Å². The summed E-state index contributed by atoms with van der Waals surface area (Å²) in [6.45, 7) is 4.45. The Kier molecular flexibility index (Phi) is 7.71. The van der Waals surface area contributed by atoms with Gasteiger partial charge in [-0.3, -0.25) is 9.59 Å². The lowest BCUT2D eigenvalue weighted by Gasteiger charge is -2.25. The molecule has 1 fully saturated rings. The first-order valence-corrected chi connectivity index (χ1v) is 10.7. The SMILES string of the molecule is COCCCN1C(=O)C(=O)/C(=C(/O)c2cc(F)ccc2OC)C1c1ccc(OC(C)C)cc1. The summed E-state index contributed by atoms with van der Waals surface area (Å²) in [5, 5.41) is 11.1. The number of benzene rings is 2. The van der Waals surface area contributed by atoms with Gasteiger partial charge in [0.05, 0.1) is 30.4 Å². The third-order valence-electron chi connectivity index (χ3n) is 5.27. The zero-order chi connectivity index (χ0) is 24.1. The molecule has 0 aromatic heterocycles. The molecule has 0 radical (unpaired) electrons. The van der Waals surface area contributed by atoms with Crippen molar-refractivity contribution in [2.45, 2.75) is 32.4 Å². The summed E-state index contributed by atoms with van der Waals surface area (Å²) in [6.07, 6.45) is 0.480. The maximum atomic E-state index is 14.0. The minimum absolute atomic E-state index is 0.00264. The van der Waals surface area contributed by atoms with Crippen molar-refractivity contribution in [1.29, 1.82) is 0 Å². The Labute approximate surface area is 192 Å². The summed E-state index contributed by atoms with van der Waals surface area (Å²) in [4.78, 5) is 27.4. The Morgan fingerprint density at radius 3 is 2.42 bits per heavy atom. The molecule has 2 aromatic rings. The Morgan fingerprint density at radius 1 is 1.12 bits per heavy atom. The van der Waals surface area contributed by atoms with Crippen LogP contribution in [-0.4, -0.2) is 55.2 Å². The van der Waals surface area contributed by atoms with Gasteiger partial charge in [0.1, 0.15) is 23.1 Å². The number of carbonyl (C=O) groups excluding carboxylic acids is 2. The lowest BCUT2D eigenvalue weighted by Crippen LogP contribution is -2.31. The summed E-state index contributed by atoms with van der Waals surface area (Å²) >= 11 is 0. The lowest BCUT2D eigenvalue weighted by atomic mass is 9.95. The Balaban J connectivity index is 2.14. The summed E-state index contributed by atoms with van der Waals surface area (Å²) in [6, 6.07) is 9.73. The zero-order valence-electron chi connectivity index (χ0n) is 19.1. The van der Waals surface area contributed by atoms with Crippen LogP contribution in [0.15, 0.2) is 48.0 Å². The zero-order valence-corrected chi connectivity index (χ0v) is 19.1. The molecule has 0 bridgehead atoms. The monoisotopic (exact) mass is 457 g/mol. The first kappa shape index (κ1) is 24.3. The van der Waals surface area contributed by atoms with Crippen LogP contribution in [0.4, 0.5) is 4.39 Å². The summed E-state index contributed by atoms with van der Waals surface area (Å²) in [7, 11) is 2.92. The molecular weight excluding hydrogens is 429 g/mol. The minimum Gasteiger partial charge on any atom is -0.507 e. The second kappa shape index (κ2) is 10.5. The summed E-state index contributed by atoms with van der Waals surface area (Å²) in [5.41, 5.74) is 0.482. The number of hydrogen-bond acceptors (Lipinski definition) is 6. The maximum absolute atomic E-state index is 14.0. The second-order valence-electron chi connectivity index (χ2n) is 7.92. The van der Waals surface area contributed by atoms with Gasteiger partial charge in [-0.1, -0.05) is 12.1 Å². The number of amides is 1. The van der Waals surface area contributed by atoms with Crippen LogP contribution in [0.3, 0.4) is 0 Å². The fourth-order valence-corrected chi connectivity index (χ4v) is 3.85. The van der Waals surface area contributed by atoms with Crippen molar-refractivity contribution in [2.75, 3.05) is 27.4 Å². The van der Waals surface area contributed by atoms with E-state index in [1.807, 2.05) is 13.8 Å². The molecule has 1 amide bonds. The van der Waals surface area contributed by atoms with Crippen molar-refractivity contribution in [3.05, 3.63) is 65.0 Å². The van der Waals surface area contributed by atoms with Crippen LogP contribution in [0.25, 0.3) is 5.76 Å². The second-order valence-corrected chi connectivity index (χ2v) is 7.92. The predicted molar refractivity (Wildman–Crippen MR) is 121 cm³/mol. The smallest absolute Gasteiger partial charge is 0.295 e. The molecule has 2 aromatic carbocycles. The van der Waals surface area contributed by atoms with Gasteiger partial charge in [0.2, 0.25) is 0 Å². The molecule has 1 aliphatic heterocycles. The van der Waals surface area contributed by atoms with Crippen molar-refractivity contribution in [2.24, 2.45) is 0 Å². The summed E-state index contributed by atoms with van der Waals surface area (Å²) < 4.78 is 30.0. The highest BCUT2D eigenvalue weighted by Crippen LogP contribution is 2.41. The van der Waals surface area contributed by atoms with Gasteiger partial charge in [-0.15, -0.1) is 0 Å². The molecule has 3 rings (SSSR count). The van der Waals surface area contributed by atoms with Crippen molar-refractivity contribution in [3.8, 4) is 11.5 Å². The number of rotatable bonds is 9. The highest BCUT2D eigenvalue weighted by molar-refractivity contribution is 6.46. The van der Waals surface area contributed by atoms with E-state index < -0.39 is 29.3 Å². The molecule has 0 aliphatic carbocycles. The third-order valence-corrected chi connectivity index (χ3v) is 5.27. The Morgan fingerprint density at radius 2 is 1.82 bits per heavy atom. The highest BCUT2D eigenvalue weighted by atomic mass is 19.1. The highest BCUT2D eigenvalue weighted by Gasteiger charge is 2.46. The quantitative estimate of drug-likeness (QED) is 0.264. The molecule has 1 unspecified atom stereocenters. The molecule has 8 heteroatoms. The molecule has 1 aliphatic rings. The van der Waals surface area contributed by atoms with E-state index in [2.05, 4.69) is 0 Å². The molecule has 1 saturated heterocycles. The van der Waals surface area contributed by atoms with Gasteiger partial charge in [0.15, 0.2) is 0 Å². The third kappa shape index (κ3) is 5.17. The van der Waals surface area contributed by atoms with Crippen LogP contribution in [0.2, 0.25) is 0 Å². The number of likely N-dealkylation sites (tertiary alicyclic amines) is 1. The number of aliphatic hydroxyl groups excluding tert-OH is 1. The predicted octanol–water partition coefficient (Wildman–Crippen LogP) is 4.08. The molecular formula is C25H28FNO6. The first-order valence-electron chi connectivity index (χ1n) is 10.7. The number of hydrogen-bond donors (Lipinski definition) is 1. The van der Waals surface area contributed by atoms with E-state index in [1.165, 1.54) is 24.1 Å². The number of aliphatic hydroxyl groups is 1. The molecule has 0 spiro atoms. The summed E-state index contributed by atoms with van der Waals surface area (Å²) in [5.74, 6) is -1.88. The van der Waals surface area contributed by atoms with E-state index in [1.54, 1.807) is 31.4 Å². The van der Waals surface area contributed by atoms with E-state index in [4.69, 9.17) is 14.2 Å². The number of methoxy groups -OCH3 is 2. The normalized spacial score (nSPS) is 17.6. The van der Waals surface area contributed by atoms with Gasteiger partial charge in [-0.05, 0) is 56.2 Å². The molecule has 7 nitrogen and oxygen atoms in total. The van der Waals surface area contributed by atoms with Crippen molar-refractivity contribution >= 4 is 17.4 Å².